The van der Waals surface area contributed by atoms with Gasteiger partial charge in [0.2, 0.25) is 5.91 Å². The molecule has 138 valence electrons. The number of amides is 2. The number of likely N-dealkylation sites (tertiary alicyclic amines) is 1. The zero-order valence-corrected chi connectivity index (χ0v) is 16.0. The van der Waals surface area contributed by atoms with Gasteiger partial charge in [0.05, 0.1) is 11.3 Å². The van der Waals surface area contributed by atoms with E-state index in [4.69, 9.17) is 5.73 Å². The molecule has 1 aliphatic heterocycles. The molecule has 2 rings (SSSR count). The van der Waals surface area contributed by atoms with E-state index in [0.29, 0.717) is 17.9 Å². The van der Waals surface area contributed by atoms with E-state index in [9.17, 15) is 9.59 Å². The van der Waals surface area contributed by atoms with Gasteiger partial charge in [0.15, 0.2) is 0 Å². The second-order valence-corrected chi connectivity index (χ2v) is 7.64. The third kappa shape index (κ3) is 5.47. The summed E-state index contributed by atoms with van der Waals surface area (Å²) in [5.41, 5.74) is 6.50. The summed E-state index contributed by atoms with van der Waals surface area (Å²) >= 11 is 1.43. The molecule has 25 heavy (non-hydrogen) atoms. The van der Waals surface area contributed by atoms with Crippen molar-refractivity contribution in [3.8, 4) is 0 Å². The molecule has 0 radical (unpaired) electrons. The first-order chi connectivity index (χ1) is 12.0. The van der Waals surface area contributed by atoms with E-state index in [1.165, 1.54) is 11.8 Å². The Balaban J connectivity index is 1.96. The number of thioether (sulfide) groups is 1. The summed E-state index contributed by atoms with van der Waals surface area (Å²) < 4.78 is 0. The summed E-state index contributed by atoms with van der Waals surface area (Å²) in [6.07, 6.45) is 3.80. The van der Waals surface area contributed by atoms with Crippen molar-refractivity contribution in [1.82, 2.24) is 10.2 Å². The third-order valence-electron chi connectivity index (χ3n) is 4.95. The number of hydrogen-bond donors (Lipinski definition) is 2. The van der Waals surface area contributed by atoms with Crippen LogP contribution in [0.3, 0.4) is 0 Å². The Labute approximate surface area is 154 Å². The highest BCUT2D eigenvalue weighted by atomic mass is 32.2. The van der Waals surface area contributed by atoms with Gasteiger partial charge < -0.3 is 16.0 Å². The number of nitrogens with one attached hydrogen (secondary N) is 1. The van der Waals surface area contributed by atoms with Crippen LogP contribution in [0.15, 0.2) is 29.2 Å². The van der Waals surface area contributed by atoms with Crippen molar-refractivity contribution in [3.63, 3.8) is 0 Å². The average molecular weight is 364 g/mol. The molecule has 0 unspecified atom stereocenters. The molecule has 1 aliphatic rings. The van der Waals surface area contributed by atoms with Gasteiger partial charge in [0, 0.05) is 30.1 Å². The number of rotatable bonds is 8. The van der Waals surface area contributed by atoms with Gasteiger partial charge in [-0.15, -0.1) is 11.8 Å². The van der Waals surface area contributed by atoms with Crippen LogP contribution in [0.1, 0.15) is 49.9 Å². The maximum absolute atomic E-state index is 12.6. The van der Waals surface area contributed by atoms with Gasteiger partial charge in [-0.25, -0.2) is 0 Å². The summed E-state index contributed by atoms with van der Waals surface area (Å²) in [4.78, 5) is 27.5. The fourth-order valence-electron chi connectivity index (χ4n) is 2.83. The lowest BCUT2D eigenvalue weighted by Crippen LogP contribution is -2.49. The second kappa shape index (κ2) is 9.25. The Morgan fingerprint density at radius 2 is 1.84 bits per heavy atom. The maximum Gasteiger partial charge on any atom is 0.252 e. The van der Waals surface area contributed by atoms with E-state index in [2.05, 4.69) is 5.32 Å². The SMILES string of the molecule is CCC(N)(CC)CNC(=O)c1ccccc1SCC(=O)N1CCCC1. The molecule has 0 saturated carbocycles. The first-order valence-corrected chi connectivity index (χ1v) is 10.0. The van der Waals surface area contributed by atoms with Gasteiger partial charge >= 0.3 is 0 Å². The second-order valence-electron chi connectivity index (χ2n) is 6.62. The molecular formula is C19H29N3O2S. The molecular weight excluding hydrogens is 334 g/mol. The smallest absolute Gasteiger partial charge is 0.252 e. The molecule has 1 heterocycles. The Bertz CT molecular complexity index is 596. The van der Waals surface area contributed by atoms with Crippen molar-refractivity contribution >= 4 is 23.6 Å². The average Bonchev–Trinajstić information content (AvgIpc) is 3.19. The summed E-state index contributed by atoms with van der Waals surface area (Å²) in [7, 11) is 0. The van der Waals surface area contributed by atoms with Crippen molar-refractivity contribution in [3.05, 3.63) is 29.8 Å². The molecule has 1 fully saturated rings. The van der Waals surface area contributed by atoms with Crippen LogP contribution >= 0.6 is 11.8 Å². The normalized spacial score (nSPS) is 14.6. The molecule has 1 aromatic rings. The third-order valence-corrected chi connectivity index (χ3v) is 6.01. The molecule has 6 heteroatoms. The molecule has 5 nitrogen and oxygen atoms in total. The molecule has 1 saturated heterocycles. The van der Waals surface area contributed by atoms with Crippen LogP contribution in [-0.2, 0) is 4.79 Å². The molecule has 1 aromatic carbocycles. The number of benzene rings is 1. The minimum Gasteiger partial charge on any atom is -0.350 e. The van der Waals surface area contributed by atoms with E-state index >= 15 is 0 Å². The van der Waals surface area contributed by atoms with Crippen LogP contribution in [0.4, 0.5) is 0 Å². The molecule has 0 aliphatic carbocycles. The highest BCUT2D eigenvalue weighted by Gasteiger charge is 2.23. The number of hydrogen-bond acceptors (Lipinski definition) is 4. The number of nitrogens with two attached hydrogens (primary N) is 1. The molecule has 3 N–H and O–H groups in total. The van der Waals surface area contributed by atoms with Gasteiger partial charge in [-0.3, -0.25) is 9.59 Å². The van der Waals surface area contributed by atoms with Crippen molar-refractivity contribution < 1.29 is 9.59 Å². The fourth-order valence-corrected chi connectivity index (χ4v) is 3.78. The monoisotopic (exact) mass is 363 g/mol. The number of carbonyl (C=O) groups excluding carboxylic acids is 2. The van der Waals surface area contributed by atoms with Gasteiger partial charge in [0.25, 0.3) is 5.91 Å². The molecule has 0 aromatic heterocycles. The minimum atomic E-state index is -0.372. The van der Waals surface area contributed by atoms with Gasteiger partial charge in [-0.2, -0.15) is 0 Å². The Hall–Kier alpha value is -1.53. The predicted molar refractivity (Wildman–Crippen MR) is 103 cm³/mol. The number of nitrogens with zero attached hydrogens (tertiary/aromatic N) is 1. The lowest BCUT2D eigenvalue weighted by molar-refractivity contribution is -0.127. The molecule has 0 spiro atoms. The van der Waals surface area contributed by atoms with Crippen LogP contribution < -0.4 is 11.1 Å². The topological polar surface area (TPSA) is 75.4 Å². The summed E-state index contributed by atoms with van der Waals surface area (Å²) in [6.45, 7) is 6.22. The van der Waals surface area contributed by atoms with Crippen molar-refractivity contribution in [1.29, 1.82) is 0 Å². The van der Waals surface area contributed by atoms with Crippen LogP contribution in [0, 0.1) is 0 Å². The van der Waals surface area contributed by atoms with E-state index < -0.39 is 0 Å². The van der Waals surface area contributed by atoms with Crippen molar-refractivity contribution in [2.45, 2.75) is 50.0 Å². The van der Waals surface area contributed by atoms with Crippen LogP contribution in [-0.4, -0.2) is 47.6 Å². The first kappa shape index (κ1) is 19.8. The fraction of sp³-hybridized carbons (Fsp3) is 0.579. The zero-order valence-electron chi connectivity index (χ0n) is 15.2. The Morgan fingerprint density at radius 1 is 1.20 bits per heavy atom. The zero-order chi connectivity index (χ0) is 18.3. The summed E-state index contributed by atoms with van der Waals surface area (Å²) in [6, 6.07) is 7.43. The summed E-state index contributed by atoms with van der Waals surface area (Å²) in [5, 5.41) is 2.95. The lowest BCUT2D eigenvalue weighted by atomic mass is 9.94. The highest BCUT2D eigenvalue weighted by Crippen LogP contribution is 2.24. The Kier molecular flexibility index (Phi) is 7.32. The lowest BCUT2D eigenvalue weighted by Gasteiger charge is -2.27. The van der Waals surface area contributed by atoms with Gasteiger partial charge in [0.1, 0.15) is 0 Å². The molecule has 2 amide bonds. The largest absolute Gasteiger partial charge is 0.350 e. The summed E-state index contributed by atoms with van der Waals surface area (Å²) in [5.74, 6) is 0.388. The van der Waals surface area contributed by atoms with Crippen molar-refractivity contribution in [2.24, 2.45) is 5.73 Å². The molecule has 0 atom stereocenters. The van der Waals surface area contributed by atoms with Gasteiger partial charge in [-0.1, -0.05) is 26.0 Å². The van der Waals surface area contributed by atoms with Gasteiger partial charge in [-0.05, 0) is 37.8 Å². The molecule has 0 bridgehead atoms. The van der Waals surface area contributed by atoms with E-state index in [0.717, 1.165) is 43.7 Å². The standard InChI is InChI=1S/C19H29N3O2S/c1-3-19(20,4-2)14-21-18(24)15-9-5-6-10-16(15)25-13-17(23)22-11-7-8-12-22/h5-6,9-10H,3-4,7-8,11-14,20H2,1-2H3,(H,21,24). The highest BCUT2D eigenvalue weighted by molar-refractivity contribution is 8.00. The van der Waals surface area contributed by atoms with Crippen LogP contribution in [0.5, 0.6) is 0 Å². The van der Waals surface area contributed by atoms with Crippen LogP contribution in [0.25, 0.3) is 0 Å². The quantitative estimate of drug-likeness (QED) is 0.696. The first-order valence-electron chi connectivity index (χ1n) is 9.06. The van der Waals surface area contributed by atoms with E-state index in [1.54, 1.807) is 6.07 Å². The minimum absolute atomic E-state index is 0.131. The predicted octanol–water partition coefficient (Wildman–Crippen LogP) is 2.65. The van der Waals surface area contributed by atoms with E-state index in [1.807, 2.05) is 36.9 Å². The van der Waals surface area contributed by atoms with Crippen molar-refractivity contribution in [2.75, 3.05) is 25.4 Å². The maximum atomic E-state index is 12.6. The Morgan fingerprint density at radius 3 is 2.48 bits per heavy atom. The number of carbonyl (C=O) groups is 2. The van der Waals surface area contributed by atoms with E-state index in [-0.39, 0.29) is 17.4 Å². The van der Waals surface area contributed by atoms with Crippen LogP contribution in [0.2, 0.25) is 0 Å².